The lowest BCUT2D eigenvalue weighted by molar-refractivity contribution is 0.669. The first-order valence-electron chi connectivity index (χ1n) is 19.4. The maximum atomic E-state index is 6.07. The molecule has 0 bridgehead atoms. The van der Waals surface area contributed by atoms with Gasteiger partial charge in [0.15, 0.2) is 0 Å². The third-order valence-electron chi connectivity index (χ3n) is 11.3. The van der Waals surface area contributed by atoms with Gasteiger partial charge >= 0.3 is 0 Å². The normalized spacial score (nSPS) is 12.3. The zero-order valence-electron chi connectivity index (χ0n) is 31.1. The van der Waals surface area contributed by atoms with Crippen molar-refractivity contribution in [2.24, 2.45) is 0 Å². The second-order valence-electron chi connectivity index (χ2n) is 14.6. The van der Waals surface area contributed by atoms with Gasteiger partial charge in [-0.3, -0.25) is 0 Å². The second-order valence-corrected chi connectivity index (χ2v) is 14.6. The van der Waals surface area contributed by atoms with Crippen molar-refractivity contribution in [3.8, 4) is 22.3 Å². The van der Waals surface area contributed by atoms with E-state index >= 15 is 0 Å². The van der Waals surface area contributed by atoms with Crippen LogP contribution in [0.15, 0.2) is 217 Å². The van der Waals surface area contributed by atoms with Gasteiger partial charge in [-0.15, -0.1) is 0 Å². The Bertz CT molecular complexity index is 3260. The largest absolute Gasteiger partial charge is 0.456 e. The summed E-state index contributed by atoms with van der Waals surface area (Å²) in [6.45, 7) is 4.29. The van der Waals surface area contributed by atoms with Crippen LogP contribution >= 0.6 is 0 Å². The molecule has 268 valence electrons. The molecule has 0 saturated heterocycles. The molecule has 0 radical (unpaired) electrons. The number of allylic oxidation sites excluding steroid dienone is 3. The van der Waals surface area contributed by atoms with Crippen LogP contribution in [0.25, 0.3) is 88.4 Å². The fraction of sp³-hybridized carbons (Fsp3) is 0. The summed E-state index contributed by atoms with van der Waals surface area (Å²) in [5.41, 5.74) is 14.5. The average Bonchev–Trinajstić information content (AvgIpc) is 3.93. The molecular weight excluding hydrogens is 693 g/mol. The van der Waals surface area contributed by atoms with Crippen molar-refractivity contribution in [3.63, 3.8) is 0 Å². The molecule has 0 N–H and O–H groups in total. The van der Waals surface area contributed by atoms with Crippen LogP contribution in [-0.2, 0) is 0 Å². The van der Waals surface area contributed by atoms with Crippen LogP contribution in [-0.4, -0.2) is 4.40 Å². The van der Waals surface area contributed by atoms with E-state index < -0.39 is 0 Å². The van der Waals surface area contributed by atoms with E-state index in [9.17, 15) is 0 Å². The number of nitrogens with zero attached hydrogens (tertiary/aromatic N) is 2. The van der Waals surface area contributed by atoms with Crippen molar-refractivity contribution >= 4 is 77.5 Å². The molecule has 57 heavy (non-hydrogen) atoms. The fourth-order valence-corrected chi connectivity index (χ4v) is 8.64. The quantitative estimate of drug-likeness (QED) is 0.145. The number of anilines is 2. The molecule has 11 aromatic rings. The van der Waals surface area contributed by atoms with Crippen molar-refractivity contribution in [1.29, 1.82) is 0 Å². The molecule has 0 fully saturated rings. The van der Waals surface area contributed by atoms with Gasteiger partial charge in [0.25, 0.3) is 0 Å². The van der Waals surface area contributed by atoms with Crippen LogP contribution in [0.5, 0.6) is 0 Å². The van der Waals surface area contributed by atoms with Crippen molar-refractivity contribution < 1.29 is 4.42 Å². The van der Waals surface area contributed by atoms with Gasteiger partial charge in [-0.05, 0) is 107 Å². The van der Waals surface area contributed by atoms with Gasteiger partial charge in [0.05, 0.1) is 16.6 Å². The summed E-state index contributed by atoms with van der Waals surface area (Å²) < 4.78 is 8.50. The number of fused-ring (bicyclic) bond motifs is 9. The van der Waals surface area contributed by atoms with E-state index in [4.69, 9.17) is 4.42 Å². The van der Waals surface area contributed by atoms with Crippen molar-refractivity contribution in [1.82, 2.24) is 4.40 Å². The van der Waals surface area contributed by atoms with E-state index in [0.29, 0.717) is 0 Å². The van der Waals surface area contributed by atoms with E-state index in [2.05, 4.69) is 204 Å². The van der Waals surface area contributed by atoms with Gasteiger partial charge in [-0.25, -0.2) is 0 Å². The Balaban J connectivity index is 0.995. The minimum absolute atomic E-state index is 0.893. The molecule has 11 rings (SSSR count). The summed E-state index contributed by atoms with van der Waals surface area (Å²) in [5, 5.41) is 7.35. The molecule has 3 heteroatoms. The number of hydrogen-bond acceptors (Lipinski definition) is 2. The molecule has 0 aliphatic heterocycles. The van der Waals surface area contributed by atoms with E-state index in [-0.39, 0.29) is 0 Å². The molecule has 3 heterocycles. The zero-order chi connectivity index (χ0) is 37.9. The Kier molecular flexibility index (Phi) is 7.65. The minimum atomic E-state index is 0.893. The maximum Gasteiger partial charge on any atom is 0.135 e. The Morgan fingerprint density at radius 1 is 0.474 bits per heavy atom. The Morgan fingerprint density at radius 3 is 1.67 bits per heavy atom. The van der Waals surface area contributed by atoms with Gasteiger partial charge in [-0.1, -0.05) is 134 Å². The van der Waals surface area contributed by atoms with E-state index in [0.717, 1.165) is 44.6 Å². The number of aromatic nitrogens is 1. The van der Waals surface area contributed by atoms with Crippen LogP contribution in [0.4, 0.5) is 11.4 Å². The summed E-state index contributed by atoms with van der Waals surface area (Å²) >= 11 is 0. The Labute approximate surface area is 330 Å². The number of hydrogen-bond donors (Lipinski definition) is 0. The van der Waals surface area contributed by atoms with E-state index in [1.807, 2.05) is 18.2 Å². The van der Waals surface area contributed by atoms with Crippen LogP contribution in [0.2, 0.25) is 0 Å². The summed E-state index contributed by atoms with van der Waals surface area (Å²) in [6, 6.07) is 65.0. The molecule has 3 aromatic heterocycles. The molecule has 0 spiro atoms. The minimum Gasteiger partial charge on any atom is -0.456 e. The van der Waals surface area contributed by atoms with Gasteiger partial charge < -0.3 is 13.7 Å². The zero-order valence-corrected chi connectivity index (χ0v) is 31.1. The number of rotatable bonds is 8. The van der Waals surface area contributed by atoms with E-state index in [1.165, 1.54) is 60.3 Å². The predicted molar refractivity (Wildman–Crippen MR) is 242 cm³/mol. The molecule has 0 aliphatic rings. The van der Waals surface area contributed by atoms with E-state index in [1.54, 1.807) is 0 Å². The highest BCUT2D eigenvalue weighted by Gasteiger charge is 2.19. The fourth-order valence-electron chi connectivity index (χ4n) is 8.64. The van der Waals surface area contributed by atoms with Crippen LogP contribution in [0, 0.1) is 0 Å². The van der Waals surface area contributed by atoms with Crippen molar-refractivity contribution in [2.45, 2.75) is 0 Å². The number of furan rings is 1. The van der Waals surface area contributed by atoms with Crippen molar-refractivity contribution in [3.05, 3.63) is 218 Å². The first-order chi connectivity index (χ1) is 28.2. The highest BCUT2D eigenvalue weighted by molar-refractivity contribution is 6.24. The van der Waals surface area contributed by atoms with Crippen LogP contribution in [0.3, 0.4) is 0 Å². The molecule has 0 aliphatic carbocycles. The highest BCUT2D eigenvalue weighted by atomic mass is 16.3. The number of para-hydroxylation sites is 3. The molecular formula is C54H36N2O. The van der Waals surface area contributed by atoms with Crippen LogP contribution in [0.1, 0.15) is 5.56 Å². The summed E-state index contributed by atoms with van der Waals surface area (Å²) in [4.78, 5) is 2.27. The SMILES string of the molecule is C=C/C(=C\C=C\c1ccc2oc3ccccc3c2c1)N(c1ccc(-c2ccccc2)cc1)c1ccc(-c2cc3c4ccccc4n4c5ccccc5c(c2)c34)cc1. The van der Waals surface area contributed by atoms with Gasteiger partial charge in [0, 0.05) is 49.4 Å². The Hall–Kier alpha value is -7.62. The standard InChI is InChI=1S/C54H36N2O/c1-2-41(16-12-13-36-23-32-53-47(33-36)46-19-8-11-22-52(46)57-53)55(42-28-24-38(25-29-42)37-14-4-3-5-15-37)43-30-26-39(27-31-43)40-34-48-44-17-6-9-20-50(44)56-51-21-10-7-18-45(51)49(35-40)54(48)56/h2-35H,1H2/b13-12+,41-16+. The molecule has 0 unspecified atom stereocenters. The predicted octanol–water partition coefficient (Wildman–Crippen LogP) is 15.0. The first-order valence-corrected chi connectivity index (χ1v) is 19.4. The van der Waals surface area contributed by atoms with Gasteiger partial charge in [-0.2, -0.15) is 0 Å². The van der Waals surface area contributed by atoms with Gasteiger partial charge in [0.2, 0.25) is 0 Å². The lowest BCUT2D eigenvalue weighted by Gasteiger charge is -2.26. The lowest BCUT2D eigenvalue weighted by atomic mass is 9.99. The van der Waals surface area contributed by atoms with Gasteiger partial charge in [0.1, 0.15) is 11.2 Å². The lowest BCUT2D eigenvalue weighted by Crippen LogP contribution is -2.14. The molecule has 3 nitrogen and oxygen atoms in total. The molecule has 0 atom stereocenters. The monoisotopic (exact) mass is 728 g/mol. The van der Waals surface area contributed by atoms with Crippen molar-refractivity contribution in [2.75, 3.05) is 4.90 Å². The highest BCUT2D eigenvalue weighted by Crippen LogP contribution is 2.42. The summed E-state index contributed by atoms with van der Waals surface area (Å²) in [6.07, 6.45) is 8.30. The number of benzene rings is 8. The third-order valence-corrected chi connectivity index (χ3v) is 11.3. The maximum absolute atomic E-state index is 6.07. The molecule has 0 amide bonds. The smallest absolute Gasteiger partial charge is 0.135 e. The molecule has 8 aromatic carbocycles. The topological polar surface area (TPSA) is 20.8 Å². The first kappa shape index (κ1) is 32.8. The average molecular weight is 729 g/mol. The second kappa shape index (κ2) is 13.3. The summed E-state index contributed by atoms with van der Waals surface area (Å²) in [5.74, 6) is 0. The third kappa shape index (κ3) is 5.43. The summed E-state index contributed by atoms with van der Waals surface area (Å²) in [7, 11) is 0. The van der Waals surface area contributed by atoms with Crippen LogP contribution < -0.4 is 4.90 Å². The molecule has 0 saturated carbocycles. The Morgan fingerprint density at radius 2 is 1.02 bits per heavy atom.